The van der Waals surface area contributed by atoms with E-state index in [1.807, 2.05) is 20.2 Å². The van der Waals surface area contributed by atoms with E-state index in [1.54, 1.807) is 6.26 Å². The van der Waals surface area contributed by atoms with Crippen LogP contribution < -0.4 is 5.32 Å². The summed E-state index contributed by atoms with van der Waals surface area (Å²) in [5, 5.41) is 7.42. The van der Waals surface area contributed by atoms with E-state index < -0.39 is 0 Å². The average molecular weight is 426 g/mol. The highest BCUT2D eigenvalue weighted by Crippen LogP contribution is 2.32. The molecule has 2 aromatic rings. The lowest BCUT2D eigenvalue weighted by atomic mass is 10.0. The molecule has 5 nitrogen and oxygen atoms in total. The first-order valence-electron chi connectivity index (χ1n) is 7.66. The maximum Gasteiger partial charge on any atom is 0.193 e. The van der Waals surface area contributed by atoms with Gasteiger partial charge in [0.15, 0.2) is 5.96 Å². The topological polar surface area (TPSA) is 53.7 Å². The van der Waals surface area contributed by atoms with Crippen LogP contribution in [0.1, 0.15) is 29.2 Å². The summed E-state index contributed by atoms with van der Waals surface area (Å²) in [5.74, 6) is 1.45. The van der Waals surface area contributed by atoms with Gasteiger partial charge in [-0.3, -0.25) is 4.99 Å². The van der Waals surface area contributed by atoms with Crippen molar-refractivity contribution in [3.63, 3.8) is 0 Å². The Morgan fingerprint density at radius 3 is 2.96 bits per heavy atom. The second-order valence-corrected chi connectivity index (χ2v) is 5.71. The van der Waals surface area contributed by atoms with Gasteiger partial charge < -0.3 is 14.7 Å². The van der Waals surface area contributed by atoms with Gasteiger partial charge in [-0.05, 0) is 24.0 Å². The highest BCUT2D eigenvalue weighted by atomic mass is 127. The van der Waals surface area contributed by atoms with Crippen LogP contribution in [0.25, 0.3) is 0 Å². The normalized spacial score (nSPS) is 16.6. The number of aryl methyl sites for hydroxylation is 1. The molecule has 23 heavy (non-hydrogen) atoms. The molecule has 1 aromatic heterocycles. The van der Waals surface area contributed by atoms with Crippen molar-refractivity contribution >= 4 is 29.9 Å². The van der Waals surface area contributed by atoms with Crippen LogP contribution >= 0.6 is 24.0 Å². The fourth-order valence-electron chi connectivity index (χ4n) is 3.09. The number of guanidine groups is 1. The first-order chi connectivity index (χ1) is 10.8. The average Bonchev–Trinajstić information content (AvgIpc) is 3.18. The fraction of sp³-hybridized carbons (Fsp3) is 0.412. The van der Waals surface area contributed by atoms with E-state index >= 15 is 0 Å². The van der Waals surface area contributed by atoms with E-state index in [0.717, 1.165) is 18.2 Å². The minimum Gasteiger partial charge on any atom is -0.364 e. The molecule has 0 aliphatic heterocycles. The molecule has 0 saturated heterocycles. The summed E-state index contributed by atoms with van der Waals surface area (Å²) in [7, 11) is 3.82. The zero-order valence-corrected chi connectivity index (χ0v) is 15.9. The van der Waals surface area contributed by atoms with Crippen LogP contribution in [0.2, 0.25) is 0 Å². The van der Waals surface area contributed by atoms with Gasteiger partial charge in [0.1, 0.15) is 12.0 Å². The number of hydrogen-bond acceptors (Lipinski definition) is 3. The third-order valence-electron chi connectivity index (χ3n) is 4.23. The highest BCUT2D eigenvalue weighted by molar-refractivity contribution is 14.0. The molecular formula is C17H23IN4O. The van der Waals surface area contributed by atoms with Crippen molar-refractivity contribution in [3.05, 3.63) is 53.4 Å². The fourth-order valence-corrected chi connectivity index (χ4v) is 3.09. The maximum absolute atomic E-state index is 4.87. The second-order valence-electron chi connectivity index (χ2n) is 5.71. The van der Waals surface area contributed by atoms with Crippen molar-refractivity contribution in [1.29, 1.82) is 0 Å². The molecule has 0 amide bonds. The van der Waals surface area contributed by atoms with Gasteiger partial charge in [0, 0.05) is 32.6 Å². The molecule has 0 bridgehead atoms. The second kappa shape index (κ2) is 8.33. The van der Waals surface area contributed by atoms with Crippen molar-refractivity contribution < 1.29 is 4.52 Å². The van der Waals surface area contributed by atoms with Crippen molar-refractivity contribution in [1.82, 2.24) is 15.4 Å². The Balaban J connectivity index is 0.00000192. The van der Waals surface area contributed by atoms with Crippen molar-refractivity contribution in [2.75, 3.05) is 20.6 Å². The largest absolute Gasteiger partial charge is 0.364 e. The summed E-state index contributed by atoms with van der Waals surface area (Å²) in [6.07, 6.45) is 3.97. The zero-order chi connectivity index (χ0) is 15.4. The first-order valence-corrected chi connectivity index (χ1v) is 7.66. The number of fused-ring (bicyclic) bond motifs is 1. The molecule has 1 heterocycles. The van der Waals surface area contributed by atoms with E-state index in [9.17, 15) is 0 Å². The SMILES string of the molecule is CN=C(NCC1CCc2ccccc21)N(C)Cc1ccon1.I. The van der Waals surface area contributed by atoms with Gasteiger partial charge in [0.05, 0.1) is 6.54 Å². The van der Waals surface area contributed by atoms with Gasteiger partial charge in [0.25, 0.3) is 0 Å². The van der Waals surface area contributed by atoms with Gasteiger partial charge in [-0.1, -0.05) is 29.4 Å². The molecule has 0 radical (unpaired) electrons. The summed E-state index contributed by atoms with van der Waals surface area (Å²) in [6, 6.07) is 10.6. The van der Waals surface area contributed by atoms with Crippen molar-refractivity contribution in [2.24, 2.45) is 4.99 Å². The number of nitrogens with zero attached hydrogens (tertiary/aromatic N) is 3. The predicted octanol–water partition coefficient (Wildman–Crippen LogP) is 3.03. The lowest BCUT2D eigenvalue weighted by Gasteiger charge is -2.22. The molecule has 0 fully saturated rings. The van der Waals surface area contributed by atoms with Crippen LogP contribution in [0.15, 0.2) is 46.1 Å². The quantitative estimate of drug-likeness (QED) is 0.464. The number of aromatic nitrogens is 1. The molecule has 1 aliphatic rings. The van der Waals surface area contributed by atoms with E-state index in [0.29, 0.717) is 12.5 Å². The van der Waals surface area contributed by atoms with Gasteiger partial charge in [-0.2, -0.15) is 0 Å². The number of aliphatic imine (C=N–C) groups is 1. The number of hydrogen-bond donors (Lipinski definition) is 1. The van der Waals surface area contributed by atoms with Crippen molar-refractivity contribution in [3.8, 4) is 0 Å². The lowest BCUT2D eigenvalue weighted by Crippen LogP contribution is -2.40. The van der Waals surface area contributed by atoms with E-state index in [-0.39, 0.29) is 24.0 Å². The molecular weight excluding hydrogens is 403 g/mol. The Hall–Kier alpha value is -1.57. The summed E-state index contributed by atoms with van der Waals surface area (Å²) in [6.45, 7) is 1.59. The zero-order valence-electron chi connectivity index (χ0n) is 13.5. The number of nitrogens with one attached hydrogen (secondary N) is 1. The molecule has 3 rings (SSSR count). The van der Waals surface area contributed by atoms with Gasteiger partial charge in [-0.25, -0.2) is 0 Å². The summed E-state index contributed by atoms with van der Waals surface area (Å²) < 4.78 is 4.87. The molecule has 1 N–H and O–H groups in total. The third-order valence-corrected chi connectivity index (χ3v) is 4.23. The van der Waals surface area contributed by atoms with Gasteiger partial charge >= 0.3 is 0 Å². The number of benzene rings is 1. The highest BCUT2D eigenvalue weighted by Gasteiger charge is 2.22. The first kappa shape index (κ1) is 17.8. The molecule has 124 valence electrons. The third kappa shape index (κ3) is 4.25. The maximum atomic E-state index is 4.87. The standard InChI is InChI=1S/C17H22N4O.HI/c1-18-17(21(2)12-15-9-10-22-20-15)19-11-14-8-7-13-5-3-4-6-16(13)14;/h3-6,9-10,14H,7-8,11-12H2,1-2H3,(H,18,19);1H. The van der Waals surface area contributed by atoms with Crippen molar-refractivity contribution in [2.45, 2.75) is 25.3 Å². The minimum atomic E-state index is 0. The van der Waals surface area contributed by atoms with Crippen LogP contribution in [0.5, 0.6) is 0 Å². The monoisotopic (exact) mass is 426 g/mol. The van der Waals surface area contributed by atoms with Gasteiger partial charge in [0.2, 0.25) is 0 Å². The predicted molar refractivity (Wildman–Crippen MR) is 102 cm³/mol. The Labute approximate surface area is 154 Å². The van der Waals surface area contributed by atoms with Crippen LogP contribution in [0.4, 0.5) is 0 Å². The Bertz CT molecular complexity index is 642. The smallest absolute Gasteiger partial charge is 0.193 e. The van der Waals surface area contributed by atoms with Gasteiger partial charge in [-0.15, -0.1) is 24.0 Å². The minimum absolute atomic E-state index is 0. The van der Waals surface area contributed by atoms with E-state index in [4.69, 9.17) is 4.52 Å². The summed E-state index contributed by atoms with van der Waals surface area (Å²) >= 11 is 0. The molecule has 1 aromatic carbocycles. The molecule has 1 unspecified atom stereocenters. The Kier molecular flexibility index (Phi) is 6.44. The number of rotatable bonds is 4. The summed E-state index contributed by atoms with van der Waals surface area (Å²) in [4.78, 5) is 6.41. The van der Waals surface area contributed by atoms with E-state index in [2.05, 4.69) is 44.6 Å². The molecule has 0 saturated carbocycles. The summed E-state index contributed by atoms with van der Waals surface area (Å²) in [5.41, 5.74) is 3.86. The molecule has 1 aliphatic carbocycles. The van der Waals surface area contributed by atoms with Crippen LogP contribution in [-0.2, 0) is 13.0 Å². The van der Waals surface area contributed by atoms with Crippen LogP contribution in [-0.4, -0.2) is 36.7 Å². The Morgan fingerprint density at radius 2 is 2.22 bits per heavy atom. The van der Waals surface area contributed by atoms with Crippen LogP contribution in [0, 0.1) is 0 Å². The number of halogens is 1. The lowest BCUT2D eigenvalue weighted by molar-refractivity contribution is 0.390. The van der Waals surface area contributed by atoms with Crippen LogP contribution in [0.3, 0.4) is 0 Å². The Morgan fingerprint density at radius 1 is 1.39 bits per heavy atom. The van der Waals surface area contributed by atoms with E-state index in [1.165, 1.54) is 24.0 Å². The molecule has 1 atom stereocenters. The molecule has 6 heteroatoms. The molecule has 0 spiro atoms.